The van der Waals surface area contributed by atoms with E-state index in [1.807, 2.05) is 0 Å². The molecule has 258 valence electrons. The second-order valence-corrected chi connectivity index (χ2v) is 13.4. The van der Waals surface area contributed by atoms with Gasteiger partial charge in [-0.05, 0) is 100 Å². The zero-order valence-corrected chi connectivity index (χ0v) is 26.5. The molecule has 1 saturated heterocycles. The highest BCUT2D eigenvalue weighted by Gasteiger charge is 2.44. The standard InChI is InChI=1S/C37H42F8O2/c1-2-3-30(38)35(42)25-12-16-29(31(39)18-25)26-13-17-34(46-21-26)24-10-6-22(7-11-24)4-5-23-8-14-27(15-9-23)37(44,45)47-28-19-32(40)36(43)33(41)20-28/h4-5,12,16,18-20,22-24,26-27,34H,2-3,6-11,13-15,17,21H2,1H3. The van der Waals surface area contributed by atoms with Gasteiger partial charge in [-0.2, -0.15) is 8.78 Å². The summed E-state index contributed by atoms with van der Waals surface area (Å²) in [5.74, 6) is -8.32. The molecule has 0 aromatic heterocycles. The summed E-state index contributed by atoms with van der Waals surface area (Å²) in [6.45, 7) is 2.13. The number of allylic oxidation sites excluding steroid dienone is 3. The van der Waals surface area contributed by atoms with Gasteiger partial charge in [-0.3, -0.25) is 0 Å². The quantitative estimate of drug-likeness (QED) is 0.142. The average molecular weight is 671 g/mol. The summed E-state index contributed by atoms with van der Waals surface area (Å²) in [5, 5.41) is 0. The average Bonchev–Trinajstić information content (AvgIpc) is 3.06. The maximum atomic E-state index is 14.9. The van der Waals surface area contributed by atoms with Crippen LogP contribution in [0.3, 0.4) is 0 Å². The van der Waals surface area contributed by atoms with E-state index in [4.69, 9.17) is 4.74 Å². The molecule has 47 heavy (non-hydrogen) atoms. The van der Waals surface area contributed by atoms with Crippen LogP contribution in [-0.4, -0.2) is 18.8 Å². The Morgan fingerprint density at radius 1 is 0.809 bits per heavy atom. The predicted molar refractivity (Wildman–Crippen MR) is 164 cm³/mol. The summed E-state index contributed by atoms with van der Waals surface area (Å²) >= 11 is 0. The number of ether oxygens (including phenoxy) is 2. The molecule has 0 amide bonds. The third-order valence-corrected chi connectivity index (χ3v) is 10.2. The van der Waals surface area contributed by atoms with E-state index in [2.05, 4.69) is 16.9 Å². The van der Waals surface area contributed by atoms with Crippen LogP contribution in [-0.2, 0) is 4.74 Å². The van der Waals surface area contributed by atoms with E-state index < -0.39 is 52.7 Å². The molecule has 3 aliphatic rings. The number of benzene rings is 2. The third kappa shape index (κ3) is 8.78. The van der Waals surface area contributed by atoms with Crippen LogP contribution in [0, 0.1) is 46.9 Å². The van der Waals surface area contributed by atoms with Gasteiger partial charge in [-0.25, -0.2) is 26.3 Å². The number of hydrogen-bond acceptors (Lipinski definition) is 2. The molecule has 3 fully saturated rings. The van der Waals surface area contributed by atoms with Gasteiger partial charge in [0.1, 0.15) is 17.4 Å². The van der Waals surface area contributed by atoms with E-state index in [1.165, 1.54) is 6.07 Å². The predicted octanol–water partition coefficient (Wildman–Crippen LogP) is 11.8. The number of hydrogen-bond donors (Lipinski definition) is 0. The Morgan fingerprint density at radius 2 is 1.43 bits per heavy atom. The second-order valence-electron chi connectivity index (χ2n) is 13.4. The molecule has 0 radical (unpaired) electrons. The van der Waals surface area contributed by atoms with Gasteiger partial charge in [0.25, 0.3) is 0 Å². The lowest BCUT2D eigenvalue weighted by molar-refractivity contribution is -0.223. The summed E-state index contributed by atoms with van der Waals surface area (Å²) in [4.78, 5) is 0. The highest BCUT2D eigenvalue weighted by Crippen LogP contribution is 2.42. The van der Waals surface area contributed by atoms with E-state index in [1.54, 1.807) is 13.0 Å². The lowest BCUT2D eigenvalue weighted by Gasteiger charge is -2.37. The van der Waals surface area contributed by atoms with Crippen LogP contribution in [0.15, 0.2) is 48.3 Å². The van der Waals surface area contributed by atoms with E-state index in [9.17, 15) is 35.1 Å². The number of alkyl halides is 2. The first kappa shape index (κ1) is 35.4. The molecule has 2 aromatic carbocycles. The molecule has 2 saturated carbocycles. The Bertz CT molecular complexity index is 1390. The van der Waals surface area contributed by atoms with E-state index in [0.29, 0.717) is 55.4 Å². The van der Waals surface area contributed by atoms with Gasteiger partial charge in [-0.15, -0.1) is 0 Å². The van der Waals surface area contributed by atoms with E-state index in [-0.39, 0.29) is 42.8 Å². The minimum atomic E-state index is -3.63. The molecular weight excluding hydrogens is 628 g/mol. The molecular formula is C37H42F8O2. The number of rotatable bonds is 10. The van der Waals surface area contributed by atoms with Crippen LogP contribution in [0.2, 0.25) is 0 Å². The largest absolute Gasteiger partial charge is 0.432 e. The lowest BCUT2D eigenvalue weighted by atomic mass is 9.76. The zero-order chi connectivity index (χ0) is 33.7. The van der Waals surface area contributed by atoms with E-state index in [0.717, 1.165) is 44.6 Å². The first-order chi connectivity index (χ1) is 22.4. The van der Waals surface area contributed by atoms with Crippen LogP contribution in [0.25, 0.3) is 5.83 Å². The van der Waals surface area contributed by atoms with Crippen molar-refractivity contribution in [1.29, 1.82) is 0 Å². The maximum Gasteiger partial charge on any atom is 0.400 e. The van der Waals surface area contributed by atoms with Gasteiger partial charge in [0.15, 0.2) is 23.3 Å². The van der Waals surface area contributed by atoms with Gasteiger partial charge in [-0.1, -0.05) is 31.2 Å². The Kier molecular flexibility index (Phi) is 11.7. The van der Waals surface area contributed by atoms with Crippen molar-refractivity contribution in [2.45, 2.75) is 102 Å². The van der Waals surface area contributed by atoms with Gasteiger partial charge in [0, 0.05) is 30.0 Å². The highest BCUT2D eigenvalue weighted by atomic mass is 19.3. The molecule has 2 nitrogen and oxygen atoms in total. The Morgan fingerprint density at radius 3 is 1.98 bits per heavy atom. The molecule has 5 rings (SSSR count). The molecule has 10 heteroatoms. The van der Waals surface area contributed by atoms with E-state index >= 15 is 0 Å². The number of halogens is 8. The van der Waals surface area contributed by atoms with Crippen LogP contribution >= 0.6 is 0 Å². The molecule has 0 spiro atoms. The zero-order valence-electron chi connectivity index (χ0n) is 26.5. The van der Waals surface area contributed by atoms with Crippen molar-refractivity contribution in [3.05, 3.63) is 82.7 Å². The SMILES string of the molecule is CCCC(F)=C(F)c1ccc(C2CCC(C3CCC(C=CC4CCC(C(F)(F)Oc5cc(F)c(F)c(F)c5)CC4)CC3)OC2)c(F)c1. The monoisotopic (exact) mass is 670 g/mol. The van der Waals surface area contributed by atoms with Crippen molar-refractivity contribution in [2.24, 2.45) is 23.7 Å². The maximum absolute atomic E-state index is 14.9. The van der Waals surface area contributed by atoms with Crippen molar-refractivity contribution >= 4 is 5.83 Å². The molecule has 0 bridgehead atoms. The minimum Gasteiger partial charge on any atom is -0.432 e. The first-order valence-electron chi connectivity index (χ1n) is 16.8. The minimum absolute atomic E-state index is 0.0227. The smallest absolute Gasteiger partial charge is 0.400 e. The van der Waals surface area contributed by atoms with Gasteiger partial charge in [0.2, 0.25) is 0 Å². The fourth-order valence-electron chi connectivity index (χ4n) is 7.37. The van der Waals surface area contributed by atoms with Crippen molar-refractivity contribution in [1.82, 2.24) is 0 Å². The first-order valence-corrected chi connectivity index (χ1v) is 16.8. The Labute approximate surface area is 271 Å². The Balaban J connectivity index is 1.03. The Hall–Kier alpha value is -2.88. The van der Waals surface area contributed by atoms with Crippen molar-refractivity contribution < 1.29 is 44.6 Å². The topological polar surface area (TPSA) is 18.5 Å². The van der Waals surface area contributed by atoms with Gasteiger partial charge < -0.3 is 9.47 Å². The molecule has 2 aromatic rings. The summed E-state index contributed by atoms with van der Waals surface area (Å²) in [6.07, 6.45) is 8.29. The second kappa shape index (κ2) is 15.6. The van der Waals surface area contributed by atoms with Crippen LogP contribution in [0.4, 0.5) is 35.1 Å². The molecule has 1 heterocycles. The fourth-order valence-corrected chi connectivity index (χ4v) is 7.37. The summed E-state index contributed by atoms with van der Waals surface area (Å²) in [5.41, 5.74) is 0.381. The summed E-state index contributed by atoms with van der Waals surface area (Å²) < 4.78 is 123. The molecule has 0 N–H and O–H groups in total. The molecule has 2 aliphatic carbocycles. The fraction of sp³-hybridized carbons (Fsp3) is 0.568. The van der Waals surface area contributed by atoms with Gasteiger partial charge in [0.05, 0.1) is 18.6 Å². The lowest BCUT2D eigenvalue weighted by Crippen LogP contribution is -2.37. The van der Waals surface area contributed by atoms with Gasteiger partial charge >= 0.3 is 6.11 Å². The third-order valence-electron chi connectivity index (χ3n) is 10.2. The van der Waals surface area contributed by atoms with Crippen molar-refractivity contribution in [3.8, 4) is 5.75 Å². The molecule has 2 atom stereocenters. The highest BCUT2D eigenvalue weighted by molar-refractivity contribution is 5.61. The summed E-state index contributed by atoms with van der Waals surface area (Å²) in [6, 6.07) is 4.89. The van der Waals surface area contributed by atoms with Crippen LogP contribution in [0.5, 0.6) is 5.75 Å². The normalized spacial score (nSPS) is 27.9. The van der Waals surface area contributed by atoms with Crippen molar-refractivity contribution in [3.63, 3.8) is 0 Å². The molecule has 1 aliphatic heterocycles. The van der Waals surface area contributed by atoms with Crippen LogP contribution in [0.1, 0.15) is 101 Å². The summed E-state index contributed by atoms with van der Waals surface area (Å²) in [7, 11) is 0. The van der Waals surface area contributed by atoms with Crippen LogP contribution < -0.4 is 4.74 Å². The molecule has 2 unspecified atom stereocenters. The van der Waals surface area contributed by atoms with Crippen molar-refractivity contribution in [2.75, 3.05) is 6.61 Å².